The zero-order valence-electron chi connectivity index (χ0n) is 19.4. The quantitative estimate of drug-likeness (QED) is 0.132. The predicted octanol–water partition coefficient (Wildman–Crippen LogP) is 4.99. The van der Waals surface area contributed by atoms with Gasteiger partial charge in [0.2, 0.25) is 0 Å². The second-order valence-electron chi connectivity index (χ2n) is 7.11. The summed E-state index contributed by atoms with van der Waals surface area (Å²) in [6.07, 6.45) is 2.97. The molecule has 0 atom stereocenters. The van der Waals surface area contributed by atoms with Crippen molar-refractivity contribution in [3.05, 3.63) is 101 Å². The minimum absolute atomic E-state index is 0.190. The molecular formula is C27H27NO6. The molecule has 176 valence electrons. The Labute approximate surface area is 199 Å². The Morgan fingerprint density at radius 2 is 1.65 bits per heavy atom. The third-order valence-electron chi connectivity index (χ3n) is 4.87. The normalized spacial score (nSPS) is 11.2. The number of carbonyl (C=O) groups is 1. The molecule has 0 spiro atoms. The van der Waals surface area contributed by atoms with Gasteiger partial charge >= 0.3 is 5.97 Å². The topological polar surface area (TPSA) is 75.6 Å². The lowest BCUT2D eigenvalue weighted by Gasteiger charge is -2.14. The number of hydrogen-bond acceptors (Lipinski definition) is 7. The van der Waals surface area contributed by atoms with Crippen molar-refractivity contribution in [3.8, 4) is 11.5 Å². The number of rotatable bonds is 11. The van der Waals surface area contributed by atoms with Crippen molar-refractivity contribution in [3.63, 3.8) is 0 Å². The molecule has 3 aromatic carbocycles. The molecule has 7 heteroatoms. The van der Waals surface area contributed by atoms with Crippen molar-refractivity contribution in [2.45, 2.75) is 13.2 Å². The van der Waals surface area contributed by atoms with Crippen LogP contribution in [0.25, 0.3) is 5.57 Å². The molecule has 3 aromatic rings. The summed E-state index contributed by atoms with van der Waals surface area (Å²) in [5.74, 6) is 0.598. The van der Waals surface area contributed by atoms with Crippen LogP contribution >= 0.6 is 0 Å². The monoisotopic (exact) mass is 461 g/mol. The van der Waals surface area contributed by atoms with Gasteiger partial charge in [0, 0.05) is 5.56 Å². The zero-order valence-corrected chi connectivity index (χ0v) is 19.4. The van der Waals surface area contributed by atoms with E-state index in [4.69, 9.17) is 23.8 Å². The van der Waals surface area contributed by atoms with E-state index in [-0.39, 0.29) is 6.61 Å². The van der Waals surface area contributed by atoms with E-state index in [2.05, 4.69) is 5.16 Å². The molecule has 0 aliphatic carbocycles. The SMILES string of the molecule is CO/C=C(/C(=O)OC)c1ccccc1COc1cc(/C=N/OCc2ccccc2)ccc1OC. The van der Waals surface area contributed by atoms with Gasteiger partial charge in [0.25, 0.3) is 0 Å². The maximum Gasteiger partial charge on any atom is 0.341 e. The number of nitrogens with zero attached hydrogens (tertiary/aromatic N) is 1. The number of esters is 1. The van der Waals surface area contributed by atoms with E-state index < -0.39 is 5.97 Å². The first-order chi connectivity index (χ1) is 16.7. The Hall–Kier alpha value is -4.26. The second-order valence-corrected chi connectivity index (χ2v) is 7.11. The Morgan fingerprint density at radius 1 is 0.882 bits per heavy atom. The van der Waals surface area contributed by atoms with Crippen LogP contribution < -0.4 is 9.47 Å². The molecule has 0 aliphatic rings. The van der Waals surface area contributed by atoms with Gasteiger partial charge in [0.1, 0.15) is 18.8 Å². The molecular weight excluding hydrogens is 434 g/mol. The van der Waals surface area contributed by atoms with E-state index in [1.807, 2.05) is 66.7 Å². The highest BCUT2D eigenvalue weighted by molar-refractivity contribution is 6.16. The van der Waals surface area contributed by atoms with Crippen LogP contribution in [0.2, 0.25) is 0 Å². The average Bonchev–Trinajstić information content (AvgIpc) is 2.89. The van der Waals surface area contributed by atoms with Crippen molar-refractivity contribution in [1.82, 2.24) is 0 Å². The van der Waals surface area contributed by atoms with E-state index in [0.717, 1.165) is 16.7 Å². The highest BCUT2D eigenvalue weighted by Crippen LogP contribution is 2.30. The molecule has 34 heavy (non-hydrogen) atoms. The number of hydrogen-bond donors (Lipinski definition) is 0. The molecule has 3 rings (SSSR count). The van der Waals surface area contributed by atoms with Crippen molar-refractivity contribution in [2.24, 2.45) is 5.16 Å². The molecule has 0 bridgehead atoms. The number of methoxy groups -OCH3 is 3. The summed E-state index contributed by atoms with van der Waals surface area (Å²) in [6, 6.07) is 22.6. The molecule has 0 unspecified atom stereocenters. The molecule has 0 saturated heterocycles. The molecule has 0 radical (unpaired) electrons. The maximum absolute atomic E-state index is 12.2. The highest BCUT2D eigenvalue weighted by Gasteiger charge is 2.17. The van der Waals surface area contributed by atoms with E-state index in [1.165, 1.54) is 20.5 Å². The first-order valence-electron chi connectivity index (χ1n) is 10.6. The summed E-state index contributed by atoms with van der Waals surface area (Å²) in [6.45, 7) is 0.570. The Kier molecular flexibility index (Phi) is 9.10. The van der Waals surface area contributed by atoms with Gasteiger partial charge < -0.3 is 23.8 Å². The van der Waals surface area contributed by atoms with Gasteiger partial charge in [-0.15, -0.1) is 0 Å². The van der Waals surface area contributed by atoms with Crippen LogP contribution in [0.15, 0.2) is 84.2 Å². The fraction of sp³-hybridized carbons (Fsp3) is 0.185. The molecule has 0 aromatic heterocycles. The van der Waals surface area contributed by atoms with E-state index in [0.29, 0.717) is 29.2 Å². The molecule has 0 heterocycles. The predicted molar refractivity (Wildman–Crippen MR) is 130 cm³/mol. The molecule has 0 saturated carbocycles. The first-order valence-corrected chi connectivity index (χ1v) is 10.6. The third-order valence-corrected chi connectivity index (χ3v) is 4.87. The smallest absolute Gasteiger partial charge is 0.341 e. The molecule has 0 N–H and O–H groups in total. The summed E-state index contributed by atoms with van der Waals surface area (Å²) in [4.78, 5) is 17.6. The van der Waals surface area contributed by atoms with Crippen LogP contribution in [-0.2, 0) is 32.3 Å². The minimum Gasteiger partial charge on any atom is -0.503 e. The fourth-order valence-electron chi connectivity index (χ4n) is 3.18. The minimum atomic E-state index is -0.499. The Morgan fingerprint density at radius 3 is 2.38 bits per heavy atom. The Balaban J connectivity index is 1.74. The number of carbonyl (C=O) groups excluding carboxylic acids is 1. The first kappa shape index (κ1) is 24.4. The van der Waals surface area contributed by atoms with Crippen LogP contribution in [-0.4, -0.2) is 33.5 Å². The van der Waals surface area contributed by atoms with E-state index >= 15 is 0 Å². The Bertz CT molecular complexity index is 1140. The highest BCUT2D eigenvalue weighted by atomic mass is 16.6. The zero-order chi connectivity index (χ0) is 24.2. The summed E-state index contributed by atoms with van der Waals surface area (Å²) in [5.41, 5.74) is 3.55. The van der Waals surface area contributed by atoms with Gasteiger partial charge in [0.15, 0.2) is 11.5 Å². The van der Waals surface area contributed by atoms with Crippen molar-refractivity contribution < 1.29 is 28.6 Å². The van der Waals surface area contributed by atoms with Gasteiger partial charge in [-0.3, -0.25) is 0 Å². The lowest BCUT2D eigenvalue weighted by molar-refractivity contribution is -0.133. The second kappa shape index (κ2) is 12.7. The summed E-state index contributed by atoms with van der Waals surface area (Å²) < 4.78 is 21.5. The third kappa shape index (κ3) is 6.62. The van der Waals surface area contributed by atoms with E-state index in [1.54, 1.807) is 19.4 Å². The maximum atomic E-state index is 12.2. The fourth-order valence-corrected chi connectivity index (χ4v) is 3.18. The molecule has 7 nitrogen and oxygen atoms in total. The van der Waals surface area contributed by atoms with Crippen LogP contribution in [0.1, 0.15) is 22.3 Å². The molecule has 0 aliphatic heterocycles. The number of oxime groups is 1. The van der Waals surface area contributed by atoms with Crippen LogP contribution in [0.5, 0.6) is 11.5 Å². The van der Waals surface area contributed by atoms with Gasteiger partial charge in [-0.1, -0.05) is 59.8 Å². The summed E-state index contributed by atoms with van der Waals surface area (Å²) in [7, 11) is 4.37. The number of benzene rings is 3. The summed E-state index contributed by atoms with van der Waals surface area (Å²) in [5, 5.41) is 4.04. The summed E-state index contributed by atoms with van der Waals surface area (Å²) >= 11 is 0. The largest absolute Gasteiger partial charge is 0.503 e. The lowest BCUT2D eigenvalue weighted by atomic mass is 10.0. The van der Waals surface area contributed by atoms with Crippen molar-refractivity contribution >= 4 is 17.8 Å². The van der Waals surface area contributed by atoms with Gasteiger partial charge in [-0.25, -0.2) is 4.79 Å². The van der Waals surface area contributed by atoms with Gasteiger partial charge in [-0.05, 0) is 34.9 Å². The molecule has 0 amide bonds. The van der Waals surface area contributed by atoms with Crippen molar-refractivity contribution in [1.29, 1.82) is 0 Å². The van der Waals surface area contributed by atoms with Gasteiger partial charge in [0.05, 0.1) is 33.8 Å². The average molecular weight is 462 g/mol. The van der Waals surface area contributed by atoms with E-state index in [9.17, 15) is 4.79 Å². The van der Waals surface area contributed by atoms with Gasteiger partial charge in [-0.2, -0.15) is 0 Å². The molecule has 0 fully saturated rings. The lowest BCUT2D eigenvalue weighted by Crippen LogP contribution is -2.08. The van der Waals surface area contributed by atoms with Crippen LogP contribution in [0.4, 0.5) is 0 Å². The van der Waals surface area contributed by atoms with Crippen LogP contribution in [0, 0.1) is 0 Å². The standard InChI is InChI=1S/C27H27NO6/c1-30-19-24(27(29)32-3)23-12-8-7-11-22(23)18-33-26-15-21(13-14-25(26)31-2)16-28-34-17-20-9-5-4-6-10-20/h4-16,19H,17-18H2,1-3H3/b24-19+,28-16+. The van der Waals surface area contributed by atoms with Crippen LogP contribution in [0.3, 0.4) is 0 Å². The van der Waals surface area contributed by atoms with Crippen molar-refractivity contribution in [2.75, 3.05) is 21.3 Å². The number of ether oxygens (including phenoxy) is 4.